The number of benzene rings is 2. The minimum atomic E-state index is -0.708. The number of hydrogen-bond donors (Lipinski definition) is 1. The predicted molar refractivity (Wildman–Crippen MR) is 131 cm³/mol. The highest BCUT2D eigenvalue weighted by atomic mass is 35.5. The van der Waals surface area contributed by atoms with E-state index < -0.39 is 18.5 Å². The fraction of sp³-hybridized carbons (Fsp3) is 0.167. The van der Waals surface area contributed by atoms with Gasteiger partial charge in [0.1, 0.15) is 15.5 Å². The van der Waals surface area contributed by atoms with Gasteiger partial charge in [-0.2, -0.15) is 0 Å². The highest BCUT2D eigenvalue weighted by molar-refractivity contribution is 7.20. The van der Waals surface area contributed by atoms with Gasteiger partial charge in [0.25, 0.3) is 11.5 Å². The number of nitrogens with one attached hydrogen (secondary N) is 1. The van der Waals surface area contributed by atoms with E-state index >= 15 is 0 Å². The minimum absolute atomic E-state index is 0.227. The number of rotatable bonds is 6. The molecule has 0 aliphatic carbocycles. The Morgan fingerprint density at radius 2 is 1.88 bits per heavy atom. The first-order valence-corrected chi connectivity index (χ1v) is 11.4. The van der Waals surface area contributed by atoms with Gasteiger partial charge < -0.3 is 19.4 Å². The lowest BCUT2D eigenvalue weighted by atomic mass is 10.2. The SMILES string of the molecule is Cc1ccc(Oc2ccc(Cl)cc2NC(=O)COC(=O)c2sc3ncn(C)c(=O)c3c2C)cc1. The number of carbonyl (C=O) groups is 2. The molecule has 2 heterocycles. The second-order valence-electron chi connectivity index (χ2n) is 7.58. The Kier molecular flexibility index (Phi) is 6.67. The molecule has 0 saturated carbocycles. The van der Waals surface area contributed by atoms with Gasteiger partial charge in [-0.15, -0.1) is 11.3 Å². The van der Waals surface area contributed by atoms with E-state index in [9.17, 15) is 14.4 Å². The third-order valence-electron chi connectivity index (χ3n) is 4.99. The average molecular weight is 498 g/mol. The predicted octanol–water partition coefficient (Wildman–Crippen LogP) is 4.85. The Morgan fingerprint density at radius 3 is 2.62 bits per heavy atom. The van der Waals surface area contributed by atoms with Gasteiger partial charge >= 0.3 is 5.97 Å². The second-order valence-corrected chi connectivity index (χ2v) is 9.01. The molecule has 0 atom stereocenters. The molecule has 1 N–H and O–H groups in total. The van der Waals surface area contributed by atoms with Crippen molar-refractivity contribution in [3.05, 3.63) is 80.2 Å². The molecule has 2 aromatic heterocycles. The molecular formula is C24H20ClN3O5S. The average Bonchev–Trinajstić information content (AvgIpc) is 3.15. The summed E-state index contributed by atoms with van der Waals surface area (Å²) in [6.45, 7) is 3.09. The maximum atomic E-state index is 12.6. The Hall–Kier alpha value is -3.69. The summed E-state index contributed by atoms with van der Waals surface area (Å²) in [6.07, 6.45) is 1.39. The van der Waals surface area contributed by atoms with Crippen LogP contribution >= 0.6 is 22.9 Å². The standard InChI is InChI=1S/C24H20ClN3O5S/c1-13-4-7-16(8-5-13)33-18-9-6-15(25)10-17(18)27-19(29)11-32-24(31)21-14(2)20-22(34-21)26-12-28(3)23(20)30/h4-10,12H,11H2,1-3H3,(H,27,29). The molecule has 0 aliphatic rings. The fourth-order valence-electron chi connectivity index (χ4n) is 3.21. The Morgan fingerprint density at radius 1 is 1.15 bits per heavy atom. The molecule has 0 aliphatic heterocycles. The topological polar surface area (TPSA) is 99.5 Å². The van der Waals surface area contributed by atoms with Crippen molar-refractivity contribution in [2.45, 2.75) is 13.8 Å². The van der Waals surface area contributed by atoms with Crippen LogP contribution in [0.2, 0.25) is 5.02 Å². The highest BCUT2D eigenvalue weighted by Crippen LogP contribution is 2.32. The number of carbonyl (C=O) groups excluding carboxylic acids is 2. The van der Waals surface area contributed by atoms with Crippen molar-refractivity contribution < 1.29 is 19.1 Å². The van der Waals surface area contributed by atoms with Gasteiger partial charge in [0, 0.05) is 12.1 Å². The van der Waals surface area contributed by atoms with E-state index in [-0.39, 0.29) is 10.4 Å². The number of halogens is 1. The molecule has 34 heavy (non-hydrogen) atoms. The molecule has 0 bridgehead atoms. The molecule has 10 heteroatoms. The van der Waals surface area contributed by atoms with Crippen LogP contribution in [0, 0.1) is 13.8 Å². The summed E-state index contributed by atoms with van der Waals surface area (Å²) in [7, 11) is 1.58. The smallest absolute Gasteiger partial charge is 0.349 e. The van der Waals surface area contributed by atoms with E-state index in [4.69, 9.17) is 21.1 Å². The van der Waals surface area contributed by atoms with Crippen LogP contribution < -0.4 is 15.6 Å². The quantitative estimate of drug-likeness (QED) is 0.382. The van der Waals surface area contributed by atoms with E-state index in [2.05, 4.69) is 10.3 Å². The zero-order valence-electron chi connectivity index (χ0n) is 18.5. The molecule has 0 radical (unpaired) electrons. The summed E-state index contributed by atoms with van der Waals surface area (Å²) in [6, 6.07) is 12.3. The van der Waals surface area contributed by atoms with Crippen LogP contribution in [-0.4, -0.2) is 28.0 Å². The number of ether oxygens (including phenoxy) is 2. The Bertz CT molecular complexity index is 1460. The van der Waals surface area contributed by atoms with Crippen LogP contribution in [0.5, 0.6) is 11.5 Å². The molecule has 1 amide bonds. The molecule has 0 fully saturated rings. The normalized spacial score (nSPS) is 10.8. The molecular weight excluding hydrogens is 478 g/mol. The van der Waals surface area contributed by atoms with Crippen LogP contribution in [0.3, 0.4) is 0 Å². The summed E-state index contributed by atoms with van der Waals surface area (Å²) in [5.74, 6) is -0.304. The van der Waals surface area contributed by atoms with Gasteiger partial charge in [-0.1, -0.05) is 29.3 Å². The van der Waals surface area contributed by atoms with Gasteiger partial charge in [-0.3, -0.25) is 9.59 Å². The number of esters is 1. The van der Waals surface area contributed by atoms with Crippen molar-refractivity contribution in [2.24, 2.45) is 7.05 Å². The van der Waals surface area contributed by atoms with Gasteiger partial charge in [0.2, 0.25) is 0 Å². The van der Waals surface area contributed by atoms with Crippen LogP contribution in [-0.2, 0) is 16.6 Å². The molecule has 0 saturated heterocycles. The summed E-state index contributed by atoms with van der Waals surface area (Å²) >= 11 is 7.14. The van der Waals surface area contributed by atoms with Crippen molar-refractivity contribution in [1.82, 2.24) is 9.55 Å². The monoisotopic (exact) mass is 497 g/mol. The molecule has 2 aromatic carbocycles. The number of anilines is 1. The maximum Gasteiger partial charge on any atom is 0.349 e. The van der Waals surface area contributed by atoms with Crippen molar-refractivity contribution in [3.63, 3.8) is 0 Å². The van der Waals surface area contributed by atoms with Crippen LogP contribution in [0.1, 0.15) is 20.8 Å². The third kappa shape index (κ3) is 4.95. The fourth-order valence-corrected chi connectivity index (χ4v) is 4.41. The molecule has 0 spiro atoms. The van der Waals surface area contributed by atoms with Crippen LogP contribution in [0.25, 0.3) is 10.2 Å². The molecule has 8 nitrogen and oxygen atoms in total. The molecule has 4 rings (SSSR count). The van der Waals surface area contributed by atoms with Crippen molar-refractivity contribution in [2.75, 3.05) is 11.9 Å². The third-order valence-corrected chi connectivity index (χ3v) is 6.41. The Labute approximate surface area is 203 Å². The number of fused-ring (bicyclic) bond motifs is 1. The summed E-state index contributed by atoms with van der Waals surface area (Å²) in [4.78, 5) is 42.3. The number of nitrogens with zero attached hydrogens (tertiary/aromatic N) is 2. The molecule has 0 unspecified atom stereocenters. The van der Waals surface area contributed by atoms with Gasteiger partial charge in [0.05, 0.1) is 17.4 Å². The van der Waals surface area contributed by atoms with Gasteiger partial charge in [-0.25, -0.2) is 9.78 Å². The van der Waals surface area contributed by atoms with E-state index in [0.29, 0.717) is 38.0 Å². The van der Waals surface area contributed by atoms with E-state index in [0.717, 1.165) is 16.9 Å². The number of aromatic nitrogens is 2. The first kappa shape index (κ1) is 23.5. The van der Waals surface area contributed by atoms with E-state index in [1.165, 1.54) is 10.9 Å². The van der Waals surface area contributed by atoms with Crippen molar-refractivity contribution in [1.29, 1.82) is 0 Å². The number of thiophene rings is 1. The highest BCUT2D eigenvalue weighted by Gasteiger charge is 2.21. The summed E-state index contributed by atoms with van der Waals surface area (Å²) in [5, 5.41) is 3.43. The lowest BCUT2D eigenvalue weighted by Crippen LogP contribution is -2.21. The van der Waals surface area contributed by atoms with E-state index in [1.807, 2.05) is 31.2 Å². The van der Waals surface area contributed by atoms with E-state index in [1.54, 1.807) is 32.2 Å². The summed E-state index contributed by atoms with van der Waals surface area (Å²) in [5.41, 5.74) is 1.64. The largest absolute Gasteiger partial charge is 0.455 e. The maximum absolute atomic E-state index is 12.6. The Balaban J connectivity index is 1.46. The minimum Gasteiger partial charge on any atom is -0.455 e. The van der Waals surface area contributed by atoms with Crippen molar-refractivity contribution in [3.8, 4) is 11.5 Å². The molecule has 4 aromatic rings. The lowest BCUT2D eigenvalue weighted by Gasteiger charge is -2.13. The second kappa shape index (κ2) is 9.66. The van der Waals surface area contributed by atoms with Gasteiger partial charge in [-0.05, 0) is 49.7 Å². The number of amides is 1. The van der Waals surface area contributed by atoms with Gasteiger partial charge in [0.15, 0.2) is 12.4 Å². The number of hydrogen-bond acceptors (Lipinski definition) is 7. The molecule has 174 valence electrons. The summed E-state index contributed by atoms with van der Waals surface area (Å²) < 4.78 is 12.4. The first-order chi connectivity index (χ1) is 16.2. The lowest BCUT2D eigenvalue weighted by molar-refractivity contribution is -0.119. The van der Waals surface area contributed by atoms with Crippen LogP contribution in [0.4, 0.5) is 5.69 Å². The zero-order valence-corrected chi connectivity index (χ0v) is 20.1. The van der Waals surface area contributed by atoms with Crippen LogP contribution in [0.15, 0.2) is 53.6 Å². The first-order valence-electron chi connectivity index (χ1n) is 10.2. The zero-order chi connectivity index (χ0) is 24.4. The van der Waals surface area contributed by atoms with Crippen molar-refractivity contribution >= 4 is 50.7 Å². The number of aryl methyl sites for hydroxylation is 3.